The molecule has 0 amide bonds. The van der Waals surface area contributed by atoms with Gasteiger partial charge in [0.15, 0.2) is 41.3 Å². The van der Waals surface area contributed by atoms with E-state index < -0.39 is 77.1 Å². The molecule has 0 saturated carbocycles. The first-order valence-electron chi connectivity index (χ1n) is 12.6. The summed E-state index contributed by atoms with van der Waals surface area (Å²) in [6, 6.07) is 0. The van der Waals surface area contributed by atoms with Crippen LogP contribution in [0.3, 0.4) is 0 Å². The lowest BCUT2D eigenvalue weighted by Gasteiger charge is -2.25. The number of H-pyrrole nitrogens is 1. The highest BCUT2D eigenvalue weighted by Gasteiger charge is 2.51. The van der Waals surface area contributed by atoms with Crippen LogP contribution >= 0.6 is 28.1 Å². The molecule has 0 aliphatic carbocycles. The molecule has 7 rings (SSSR count). The predicted molar refractivity (Wildman–Crippen MR) is 148 cm³/mol. The van der Waals surface area contributed by atoms with Crippen LogP contribution in [-0.4, -0.2) is 94.0 Å². The third-order valence-corrected chi connectivity index (χ3v) is 9.41. The smallest absolute Gasteiger partial charge is 0.319 e. The van der Waals surface area contributed by atoms with E-state index in [9.17, 15) is 14.5 Å². The topological polar surface area (TPSA) is 252 Å². The number of aromatic nitrogens is 8. The zero-order valence-electron chi connectivity index (χ0n) is 21.5. The first-order chi connectivity index (χ1) is 20.7. The molecule has 0 spiro atoms. The van der Waals surface area contributed by atoms with Crippen LogP contribution in [0.1, 0.15) is 12.5 Å². The van der Waals surface area contributed by atoms with E-state index in [1.54, 1.807) is 0 Å². The van der Waals surface area contributed by atoms with E-state index in [1.165, 1.54) is 28.1 Å². The number of rotatable bonds is 2. The lowest BCUT2D eigenvalue weighted by atomic mass is 10.1. The number of hydrogen-bond acceptors (Lipinski definition) is 17. The molecule has 3 saturated heterocycles. The summed E-state index contributed by atoms with van der Waals surface area (Å²) in [5.74, 6) is -0.0642. The molecule has 2 bridgehead atoms. The van der Waals surface area contributed by atoms with Crippen molar-refractivity contribution in [3.63, 3.8) is 0 Å². The maximum absolute atomic E-state index is 15.8. The van der Waals surface area contributed by atoms with Gasteiger partial charge in [-0.2, -0.15) is 4.98 Å². The summed E-state index contributed by atoms with van der Waals surface area (Å²) < 4.78 is 65.9. The Labute approximate surface area is 246 Å². The molecular formula is C20H23FN10O9P2S. The van der Waals surface area contributed by atoms with E-state index in [4.69, 9.17) is 39.0 Å². The Morgan fingerprint density at radius 1 is 1.05 bits per heavy atom. The average molecular weight is 660 g/mol. The minimum atomic E-state index is -3.37. The fourth-order valence-corrected chi connectivity index (χ4v) is 7.31. The Kier molecular flexibility index (Phi) is 7.57. The van der Waals surface area contributed by atoms with Crippen molar-refractivity contribution in [3.05, 3.63) is 29.3 Å². The highest BCUT2D eigenvalue weighted by atomic mass is 32.7. The molecule has 10 atom stereocenters. The lowest BCUT2D eigenvalue weighted by Crippen LogP contribution is -2.34. The summed E-state index contributed by atoms with van der Waals surface area (Å²) in [5.41, 5.74) is 11.5. The second kappa shape index (κ2) is 11.3. The van der Waals surface area contributed by atoms with Gasteiger partial charge in [-0.25, -0.2) is 24.3 Å². The van der Waals surface area contributed by atoms with Crippen molar-refractivity contribution < 1.29 is 41.6 Å². The van der Waals surface area contributed by atoms with Crippen molar-refractivity contribution in [3.8, 4) is 0 Å². The fourth-order valence-electron chi connectivity index (χ4n) is 5.14. The molecule has 3 aliphatic heterocycles. The van der Waals surface area contributed by atoms with Crippen LogP contribution in [0.25, 0.3) is 22.3 Å². The summed E-state index contributed by atoms with van der Waals surface area (Å²) >= 11 is 4.39. The van der Waals surface area contributed by atoms with Crippen LogP contribution in [0.4, 0.5) is 16.2 Å². The second-order valence-corrected chi connectivity index (χ2v) is 12.6. The molecule has 4 aromatic rings. The fraction of sp³-hybridized carbons (Fsp3) is 0.500. The van der Waals surface area contributed by atoms with Crippen LogP contribution in [-0.2, 0) is 32.1 Å². The van der Waals surface area contributed by atoms with Crippen molar-refractivity contribution in [2.45, 2.75) is 49.1 Å². The number of nitrogens with two attached hydrogens (primary N) is 2. The molecule has 9 unspecified atom stereocenters. The summed E-state index contributed by atoms with van der Waals surface area (Å²) in [4.78, 5) is 35.0. The van der Waals surface area contributed by atoms with Crippen molar-refractivity contribution >= 4 is 62.2 Å². The van der Waals surface area contributed by atoms with Crippen molar-refractivity contribution in [2.24, 2.45) is 0 Å². The van der Waals surface area contributed by atoms with Crippen LogP contribution in [0.2, 0.25) is 0 Å². The van der Waals surface area contributed by atoms with Gasteiger partial charge in [0.2, 0.25) is 13.5 Å². The van der Waals surface area contributed by atoms with Gasteiger partial charge in [-0.15, -0.1) is 0 Å². The van der Waals surface area contributed by atoms with E-state index in [0.29, 0.717) is 0 Å². The standard InChI is InChI=1S/C20H23FN10O9P2S/c21-8-12-7(38-18(8)30-4-26-9-14(22)24-3-25-15(9)30)2-36-42(43)40-13-11(32)6(1-35-41(34)39-12)37-19(13)31-5-27-10-16(31)28-20(23)29-17(10)33/h3-8,11-13,18-19,32,41,43H,1-2H2,(H2,22,24,25)(H3,23,28,29,33)/t6?,7?,8?,11?,12?,13?,18?,19?,42-/m1/s1. The number of nitrogens with zero attached hydrogens (tertiary/aromatic N) is 7. The molecule has 0 radical (unpaired) electrons. The summed E-state index contributed by atoms with van der Waals surface area (Å²) in [7, 11) is -5.42. The number of anilines is 2. The maximum Gasteiger partial charge on any atom is 0.319 e. The van der Waals surface area contributed by atoms with Gasteiger partial charge in [0.1, 0.15) is 42.4 Å². The van der Waals surface area contributed by atoms with Crippen LogP contribution in [0.15, 0.2) is 23.8 Å². The monoisotopic (exact) mass is 660 g/mol. The van der Waals surface area contributed by atoms with Gasteiger partial charge < -0.3 is 44.1 Å². The zero-order valence-corrected chi connectivity index (χ0v) is 24.3. The third-order valence-electron chi connectivity index (χ3n) is 7.12. The van der Waals surface area contributed by atoms with Gasteiger partial charge in [-0.1, -0.05) is 12.2 Å². The molecule has 23 heteroatoms. The zero-order chi connectivity index (χ0) is 30.0. The Bertz CT molecular complexity index is 1760. The van der Waals surface area contributed by atoms with Crippen molar-refractivity contribution in [1.82, 2.24) is 39.0 Å². The van der Waals surface area contributed by atoms with E-state index in [-0.39, 0.29) is 40.7 Å². The van der Waals surface area contributed by atoms with Gasteiger partial charge in [-0.3, -0.25) is 23.5 Å². The van der Waals surface area contributed by atoms with Crippen LogP contribution < -0.4 is 17.0 Å². The number of ether oxygens (including phenoxy) is 2. The van der Waals surface area contributed by atoms with E-state index in [2.05, 4.69) is 42.2 Å². The minimum absolute atomic E-state index is 0.0254. The molecule has 43 heavy (non-hydrogen) atoms. The number of aliphatic hydroxyl groups is 1. The number of nitrogens with one attached hydrogen (secondary N) is 1. The number of fused-ring (bicyclic) bond motifs is 5. The molecule has 3 aliphatic rings. The lowest BCUT2D eigenvalue weighted by molar-refractivity contribution is -0.0541. The van der Waals surface area contributed by atoms with Crippen LogP contribution in [0, 0.1) is 0 Å². The van der Waals surface area contributed by atoms with Gasteiger partial charge >= 0.3 is 8.25 Å². The average Bonchev–Trinajstić information content (AvgIpc) is 3.72. The van der Waals surface area contributed by atoms with Gasteiger partial charge in [0.25, 0.3) is 5.56 Å². The molecule has 7 heterocycles. The van der Waals surface area contributed by atoms with Gasteiger partial charge in [0.05, 0.1) is 25.9 Å². The second-order valence-electron chi connectivity index (χ2n) is 9.67. The minimum Gasteiger partial charge on any atom is -0.387 e. The van der Waals surface area contributed by atoms with Crippen molar-refractivity contribution in [1.29, 1.82) is 0 Å². The number of alkyl halides is 1. The molecule has 3 fully saturated rings. The Balaban J connectivity index is 1.16. The van der Waals surface area contributed by atoms with E-state index in [0.717, 1.165) is 0 Å². The predicted octanol–water partition coefficient (Wildman–Crippen LogP) is -0.0187. The maximum atomic E-state index is 15.8. The number of hydrogen-bond donors (Lipinski definition) is 5. The number of thiol groups is 1. The Hall–Kier alpha value is -2.84. The number of aromatic amines is 1. The Morgan fingerprint density at radius 2 is 1.79 bits per heavy atom. The molecule has 6 N–H and O–H groups in total. The van der Waals surface area contributed by atoms with E-state index in [1.807, 2.05) is 0 Å². The molecule has 4 aromatic heterocycles. The Morgan fingerprint density at radius 3 is 2.60 bits per heavy atom. The molecule has 230 valence electrons. The number of imidazole rings is 2. The molecular weight excluding hydrogens is 637 g/mol. The summed E-state index contributed by atoms with van der Waals surface area (Å²) in [5, 5.41) is 11.1. The molecule has 19 nitrogen and oxygen atoms in total. The number of nitrogen functional groups attached to an aromatic ring is 2. The molecule has 0 aromatic carbocycles. The summed E-state index contributed by atoms with van der Waals surface area (Å²) in [6.07, 6.45) is -6.58. The van der Waals surface area contributed by atoms with Gasteiger partial charge in [-0.05, 0) is 0 Å². The van der Waals surface area contributed by atoms with Gasteiger partial charge in [0, 0.05) is 0 Å². The van der Waals surface area contributed by atoms with Crippen molar-refractivity contribution in [2.75, 3.05) is 24.7 Å². The quantitative estimate of drug-likeness (QED) is 0.140. The number of aliphatic hydroxyl groups excluding tert-OH is 1. The highest BCUT2D eigenvalue weighted by molar-refractivity contribution is 8.41. The largest absolute Gasteiger partial charge is 0.387 e. The highest BCUT2D eigenvalue weighted by Crippen LogP contribution is 2.51. The number of halogens is 1. The SMILES string of the molecule is Nc1nc2c(ncn2C2OC3CO[PH](=O)OC4C(CO[P@@](S)OC2C3O)OC(n2cnc3c(N)ncnc32)C4F)c(=O)[nH]1. The first-order valence-corrected chi connectivity index (χ1v) is 16.2. The first kappa shape index (κ1) is 28.9. The van der Waals surface area contributed by atoms with E-state index >= 15 is 4.39 Å². The third kappa shape index (κ3) is 5.08. The normalized spacial score (nSPS) is 35.4. The van der Waals surface area contributed by atoms with Crippen LogP contribution in [0.5, 0.6) is 0 Å². The summed E-state index contributed by atoms with van der Waals surface area (Å²) in [6.45, 7) is -0.737.